The summed E-state index contributed by atoms with van der Waals surface area (Å²) in [5.41, 5.74) is 1.29. The molecule has 0 aliphatic heterocycles. The predicted octanol–water partition coefficient (Wildman–Crippen LogP) is 3.66. The van der Waals surface area contributed by atoms with Crippen LogP contribution in [0.1, 0.15) is 48.5 Å². The van der Waals surface area contributed by atoms with E-state index in [9.17, 15) is 14.4 Å². The van der Waals surface area contributed by atoms with Gasteiger partial charge in [0, 0.05) is 24.1 Å². The van der Waals surface area contributed by atoms with Gasteiger partial charge in [0.15, 0.2) is 17.5 Å². The first-order valence-corrected chi connectivity index (χ1v) is 10.5. The molecular weight excluding hydrogens is 390 g/mol. The van der Waals surface area contributed by atoms with Crippen molar-refractivity contribution in [3.63, 3.8) is 0 Å². The average molecular weight is 413 g/mol. The fourth-order valence-corrected chi connectivity index (χ4v) is 4.27. The van der Waals surface area contributed by atoms with E-state index in [2.05, 4.69) is 15.6 Å². The van der Waals surface area contributed by atoms with Crippen molar-refractivity contribution in [1.29, 1.82) is 0 Å². The fourth-order valence-electron chi connectivity index (χ4n) is 3.33. The second kappa shape index (κ2) is 7.59. The Balaban J connectivity index is 1.33. The van der Waals surface area contributed by atoms with Crippen molar-refractivity contribution >= 4 is 39.8 Å². The Kier molecular flexibility index (Phi) is 5.12. The molecule has 0 spiro atoms. The highest BCUT2D eigenvalue weighted by atomic mass is 32.1. The van der Waals surface area contributed by atoms with E-state index in [0.717, 1.165) is 25.0 Å². The SMILES string of the molecule is CC1(C)CC(=O)c2sc(NC(=O)COc3cccc(NC(=O)C4CC4)c3)nc2C1. The van der Waals surface area contributed by atoms with Gasteiger partial charge in [-0.3, -0.25) is 19.7 Å². The molecule has 29 heavy (non-hydrogen) atoms. The molecule has 2 N–H and O–H groups in total. The highest BCUT2D eigenvalue weighted by Gasteiger charge is 2.34. The molecule has 2 aromatic rings. The summed E-state index contributed by atoms with van der Waals surface area (Å²) in [5, 5.41) is 5.98. The Morgan fingerprint density at radius 1 is 1.24 bits per heavy atom. The van der Waals surface area contributed by atoms with Crippen LogP contribution in [0, 0.1) is 11.3 Å². The number of rotatable bonds is 6. The number of thiazole rings is 1. The first-order valence-electron chi connectivity index (χ1n) is 9.65. The number of carbonyl (C=O) groups is 3. The first-order chi connectivity index (χ1) is 13.8. The number of nitrogens with one attached hydrogen (secondary N) is 2. The van der Waals surface area contributed by atoms with Crippen LogP contribution in [-0.4, -0.2) is 29.2 Å². The van der Waals surface area contributed by atoms with Crippen LogP contribution < -0.4 is 15.4 Å². The second-order valence-electron chi connectivity index (χ2n) is 8.36. The lowest BCUT2D eigenvalue weighted by molar-refractivity contribution is -0.118. The highest BCUT2D eigenvalue weighted by molar-refractivity contribution is 7.17. The van der Waals surface area contributed by atoms with Crippen LogP contribution in [0.2, 0.25) is 0 Å². The molecule has 4 rings (SSSR count). The number of fused-ring (bicyclic) bond motifs is 1. The number of benzene rings is 1. The molecule has 1 saturated carbocycles. The van der Waals surface area contributed by atoms with Gasteiger partial charge in [-0.05, 0) is 36.8 Å². The van der Waals surface area contributed by atoms with Gasteiger partial charge in [-0.2, -0.15) is 0 Å². The van der Waals surface area contributed by atoms with Gasteiger partial charge in [-0.25, -0.2) is 4.98 Å². The Bertz CT molecular complexity index is 978. The molecular formula is C21H23N3O4S. The molecule has 0 saturated heterocycles. The molecule has 2 amide bonds. The fraction of sp³-hybridized carbons (Fsp3) is 0.429. The quantitative estimate of drug-likeness (QED) is 0.753. The first kappa shape index (κ1) is 19.6. The van der Waals surface area contributed by atoms with Crippen molar-refractivity contribution in [3.8, 4) is 5.75 Å². The lowest BCUT2D eigenvalue weighted by Gasteiger charge is -2.26. The molecule has 152 valence electrons. The zero-order valence-electron chi connectivity index (χ0n) is 16.4. The largest absolute Gasteiger partial charge is 0.484 e. The Labute approximate surface area is 172 Å². The number of hydrogen-bond acceptors (Lipinski definition) is 6. The Morgan fingerprint density at radius 3 is 2.79 bits per heavy atom. The summed E-state index contributed by atoms with van der Waals surface area (Å²) in [7, 11) is 0. The number of aromatic nitrogens is 1. The van der Waals surface area contributed by atoms with E-state index in [1.165, 1.54) is 11.3 Å². The maximum Gasteiger partial charge on any atom is 0.264 e. The summed E-state index contributed by atoms with van der Waals surface area (Å²) >= 11 is 1.22. The summed E-state index contributed by atoms with van der Waals surface area (Å²) in [4.78, 5) is 41.4. The van der Waals surface area contributed by atoms with Crippen LogP contribution in [0.25, 0.3) is 0 Å². The van der Waals surface area contributed by atoms with Gasteiger partial charge in [-0.15, -0.1) is 0 Å². The van der Waals surface area contributed by atoms with E-state index in [0.29, 0.717) is 27.9 Å². The number of anilines is 2. The predicted molar refractivity (Wildman–Crippen MR) is 110 cm³/mol. The summed E-state index contributed by atoms with van der Waals surface area (Å²) in [6, 6.07) is 6.96. The van der Waals surface area contributed by atoms with Gasteiger partial charge in [0.05, 0.1) is 10.6 Å². The van der Waals surface area contributed by atoms with Gasteiger partial charge >= 0.3 is 0 Å². The zero-order valence-corrected chi connectivity index (χ0v) is 17.2. The van der Waals surface area contributed by atoms with Crippen LogP contribution in [0.4, 0.5) is 10.8 Å². The third-order valence-electron chi connectivity index (χ3n) is 4.90. The number of carbonyl (C=O) groups excluding carboxylic acids is 3. The average Bonchev–Trinajstić information content (AvgIpc) is 3.41. The van der Waals surface area contributed by atoms with Gasteiger partial charge in [0.2, 0.25) is 5.91 Å². The Morgan fingerprint density at radius 2 is 2.03 bits per heavy atom. The lowest BCUT2D eigenvalue weighted by Crippen LogP contribution is -2.26. The number of nitrogens with zero attached hydrogens (tertiary/aromatic N) is 1. The van der Waals surface area contributed by atoms with Gasteiger partial charge in [-0.1, -0.05) is 31.3 Å². The normalized spacial score (nSPS) is 17.4. The molecule has 2 aliphatic rings. The molecule has 1 heterocycles. The molecule has 1 fully saturated rings. The minimum atomic E-state index is -0.352. The maximum atomic E-state index is 12.3. The monoisotopic (exact) mass is 413 g/mol. The number of Topliss-reactive ketones (excluding diaryl/α,β-unsaturated/α-hetero) is 1. The highest BCUT2D eigenvalue weighted by Crippen LogP contribution is 2.38. The van der Waals surface area contributed by atoms with Crippen LogP contribution in [0.5, 0.6) is 5.75 Å². The van der Waals surface area contributed by atoms with E-state index >= 15 is 0 Å². The zero-order chi connectivity index (χ0) is 20.6. The van der Waals surface area contributed by atoms with Gasteiger partial charge in [0.1, 0.15) is 5.75 Å². The van der Waals surface area contributed by atoms with E-state index in [4.69, 9.17) is 4.74 Å². The van der Waals surface area contributed by atoms with Crippen LogP contribution in [0.15, 0.2) is 24.3 Å². The molecule has 0 unspecified atom stereocenters. The summed E-state index contributed by atoms with van der Waals surface area (Å²) in [5.74, 6) is 0.354. The molecule has 8 heteroatoms. The van der Waals surface area contributed by atoms with Crippen LogP contribution >= 0.6 is 11.3 Å². The summed E-state index contributed by atoms with van der Waals surface area (Å²) < 4.78 is 5.54. The third-order valence-corrected chi connectivity index (χ3v) is 5.96. The molecule has 0 bridgehead atoms. The topological polar surface area (TPSA) is 97.4 Å². The third kappa shape index (κ3) is 4.82. The van der Waals surface area contributed by atoms with Crippen molar-refractivity contribution in [2.24, 2.45) is 11.3 Å². The van der Waals surface area contributed by atoms with E-state index in [-0.39, 0.29) is 35.5 Å². The molecule has 0 radical (unpaired) electrons. The van der Waals surface area contributed by atoms with Crippen LogP contribution in [0.3, 0.4) is 0 Å². The van der Waals surface area contributed by atoms with E-state index in [1.54, 1.807) is 24.3 Å². The van der Waals surface area contributed by atoms with Crippen molar-refractivity contribution in [2.75, 3.05) is 17.2 Å². The molecule has 2 aliphatic carbocycles. The van der Waals surface area contributed by atoms with E-state index in [1.807, 2.05) is 13.8 Å². The van der Waals surface area contributed by atoms with Crippen molar-refractivity contribution in [1.82, 2.24) is 4.98 Å². The number of ketones is 1. The second-order valence-corrected chi connectivity index (χ2v) is 9.36. The Hall–Kier alpha value is -2.74. The van der Waals surface area contributed by atoms with Gasteiger partial charge < -0.3 is 10.1 Å². The molecule has 1 aromatic carbocycles. The standard InChI is InChI=1S/C21H23N3O4S/c1-21(2)9-15-18(16(25)10-21)29-20(23-15)24-17(26)11-28-14-5-3-4-13(8-14)22-19(27)12-6-7-12/h3-5,8,12H,6-7,9-11H2,1-2H3,(H,22,27)(H,23,24,26). The number of hydrogen-bond donors (Lipinski definition) is 2. The number of amides is 2. The maximum absolute atomic E-state index is 12.3. The van der Waals surface area contributed by atoms with Crippen molar-refractivity contribution < 1.29 is 19.1 Å². The number of ether oxygens (including phenoxy) is 1. The summed E-state index contributed by atoms with van der Waals surface area (Å²) in [6.07, 6.45) is 3.08. The van der Waals surface area contributed by atoms with Crippen molar-refractivity contribution in [3.05, 3.63) is 34.8 Å². The summed E-state index contributed by atoms with van der Waals surface area (Å²) in [6.45, 7) is 3.89. The molecule has 0 atom stereocenters. The minimum absolute atomic E-state index is 0.0188. The molecule has 7 nitrogen and oxygen atoms in total. The molecule has 1 aromatic heterocycles. The minimum Gasteiger partial charge on any atom is -0.484 e. The van der Waals surface area contributed by atoms with E-state index < -0.39 is 0 Å². The lowest BCUT2D eigenvalue weighted by atomic mass is 9.78. The van der Waals surface area contributed by atoms with Gasteiger partial charge in [0.25, 0.3) is 5.91 Å². The van der Waals surface area contributed by atoms with Crippen LogP contribution in [-0.2, 0) is 16.0 Å². The van der Waals surface area contributed by atoms with Crippen molar-refractivity contribution in [2.45, 2.75) is 39.5 Å². The smallest absolute Gasteiger partial charge is 0.264 e.